The second-order valence-electron chi connectivity index (χ2n) is 2.87. The highest BCUT2D eigenvalue weighted by Crippen LogP contribution is 2.08. The van der Waals surface area contributed by atoms with Gasteiger partial charge < -0.3 is 0 Å². The number of nitrogens with zero attached hydrogens (tertiary/aromatic N) is 1. The fourth-order valence-electron chi connectivity index (χ4n) is 1.27. The molecule has 11 heavy (non-hydrogen) atoms. The van der Waals surface area contributed by atoms with Crippen LogP contribution in [-0.2, 0) is 5.11 Å². The van der Waals surface area contributed by atoms with Crippen molar-refractivity contribution < 1.29 is 5.11 Å². The summed E-state index contributed by atoms with van der Waals surface area (Å²) < 4.78 is 0. The smallest absolute Gasteiger partial charge is 0.210 e. The van der Waals surface area contributed by atoms with Crippen LogP contribution in [0.4, 0.5) is 0 Å². The van der Waals surface area contributed by atoms with Gasteiger partial charge in [0.25, 0.3) is 0 Å². The van der Waals surface area contributed by atoms with Crippen molar-refractivity contribution in [1.82, 2.24) is 0 Å². The van der Waals surface area contributed by atoms with E-state index in [0.717, 1.165) is 10.6 Å². The van der Waals surface area contributed by atoms with Crippen molar-refractivity contribution in [3.05, 3.63) is 34.8 Å². The second-order valence-corrected chi connectivity index (χ2v) is 2.87. The highest BCUT2D eigenvalue weighted by Gasteiger charge is 2.20. The molecule has 0 N–H and O–H groups in total. The summed E-state index contributed by atoms with van der Waals surface area (Å²) in [5.41, 5.74) is -1.25. The maximum Gasteiger partial charge on any atom is 0.210 e. The van der Waals surface area contributed by atoms with Gasteiger partial charge in [-0.05, 0) is 19.1 Å². The Labute approximate surface area is 64.5 Å². The molecule has 1 aliphatic heterocycles. The first-order valence-electron chi connectivity index (χ1n) is 3.56. The quantitative estimate of drug-likeness (QED) is 0.502. The van der Waals surface area contributed by atoms with Crippen LogP contribution in [0, 0.1) is 0 Å². The molecule has 2 nitrogen and oxygen atoms in total. The van der Waals surface area contributed by atoms with Crippen LogP contribution in [0.1, 0.15) is 6.92 Å². The van der Waals surface area contributed by atoms with E-state index in [1.54, 1.807) is 13.0 Å². The lowest BCUT2D eigenvalue weighted by molar-refractivity contribution is 0.0539. The average Bonchev–Trinajstić information content (AvgIpc) is 2.21. The molecule has 0 aliphatic carbocycles. The summed E-state index contributed by atoms with van der Waals surface area (Å²) in [6.45, 7) is 1.56. The zero-order valence-electron chi connectivity index (χ0n) is 6.24. The molecule has 1 radical (unpaired) electrons. The number of benzene rings is 1. The molecule has 0 saturated carbocycles. The van der Waals surface area contributed by atoms with E-state index in [-0.39, 0.29) is 0 Å². The number of fused-ring (bicyclic) bond motifs is 1. The lowest BCUT2D eigenvalue weighted by Gasteiger charge is -2.02. The molecule has 1 aromatic carbocycles. The number of rotatable bonds is 0. The molecule has 1 aliphatic rings. The van der Waals surface area contributed by atoms with E-state index in [9.17, 15) is 5.11 Å². The summed E-state index contributed by atoms with van der Waals surface area (Å²) >= 11 is 0. The third-order valence-corrected chi connectivity index (χ3v) is 1.70. The molecule has 0 amide bonds. The van der Waals surface area contributed by atoms with Crippen molar-refractivity contribution in [1.29, 1.82) is 0 Å². The lowest BCUT2D eigenvalue weighted by Crippen LogP contribution is -2.19. The van der Waals surface area contributed by atoms with E-state index in [0.29, 0.717) is 0 Å². The lowest BCUT2D eigenvalue weighted by atomic mass is 10.2. The summed E-state index contributed by atoms with van der Waals surface area (Å²) in [7, 11) is 0. The van der Waals surface area contributed by atoms with Crippen molar-refractivity contribution in [2.45, 2.75) is 12.6 Å². The van der Waals surface area contributed by atoms with Crippen LogP contribution < -0.4 is 10.6 Å². The summed E-state index contributed by atoms with van der Waals surface area (Å²) in [5.74, 6) is 0. The fraction of sp³-hybridized carbons (Fsp3) is 0.222. The van der Waals surface area contributed by atoms with E-state index in [2.05, 4.69) is 4.99 Å². The SMILES string of the molecule is CC1([O])C=c2ccccc2=N1. The predicted octanol–water partition coefficient (Wildman–Crippen LogP) is 0.247. The molecular formula is C9H8NO. The van der Waals surface area contributed by atoms with Gasteiger partial charge in [0, 0.05) is 5.22 Å². The van der Waals surface area contributed by atoms with E-state index in [4.69, 9.17) is 0 Å². The van der Waals surface area contributed by atoms with Crippen LogP contribution in [0.25, 0.3) is 6.08 Å². The number of para-hydroxylation sites is 1. The molecule has 0 fully saturated rings. The maximum absolute atomic E-state index is 11.3. The molecule has 0 saturated heterocycles. The van der Waals surface area contributed by atoms with Gasteiger partial charge in [0.2, 0.25) is 5.72 Å². The van der Waals surface area contributed by atoms with Gasteiger partial charge in [-0.1, -0.05) is 18.2 Å². The minimum Gasteiger partial charge on any atom is -0.244 e. The first kappa shape index (κ1) is 6.55. The van der Waals surface area contributed by atoms with E-state index >= 15 is 0 Å². The van der Waals surface area contributed by atoms with Crippen molar-refractivity contribution in [3.8, 4) is 0 Å². The minimum atomic E-state index is -1.25. The van der Waals surface area contributed by atoms with Crippen LogP contribution in [0.15, 0.2) is 29.3 Å². The number of hydrogen-bond donors (Lipinski definition) is 0. The van der Waals surface area contributed by atoms with Gasteiger partial charge in [-0.15, -0.1) is 0 Å². The summed E-state index contributed by atoms with van der Waals surface area (Å²) in [4.78, 5) is 3.97. The third-order valence-electron chi connectivity index (χ3n) is 1.70. The van der Waals surface area contributed by atoms with Crippen molar-refractivity contribution in [3.63, 3.8) is 0 Å². The standard InChI is InChI=1S/C9H8NO/c1-9(11)6-7-4-2-3-5-8(7)10-9/h2-6H,1H3. The highest BCUT2D eigenvalue weighted by atomic mass is 16.3. The van der Waals surface area contributed by atoms with E-state index in [1.807, 2.05) is 24.3 Å². The Hall–Kier alpha value is -1.15. The Bertz CT molecular complexity index is 355. The van der Waals surface area contributed by atoms with Crippen LogP contribution in [-0.4, -0.2) is 5.72 Å². The second kappa shape index (κ2) is 1.92. The third kappa shape index (κ3) is 1.05. The molecular weight excluding hydrogens is 138 g/mol. The minimum absolute atomic E-state index is 0.810. The molecule has 2 rings (SSSR count). The highest BCUT2D eigenvalue weighted by molar-refractivity contribution is 5.36. The average molecular weight is 146 g/mol. The molecule has 0 spiro atoms. The van der Waals surface area contributed by atoms with Gasteiger partial charge in [-0.2, -0.15) is 5.11 Å². The maximum atomic E-state index is 11.3. The van der Waals surface area contributed by atoms with Crippen LogP contribution in [0.5, 0.6) is 0 Å². The Morgan fingerprint density at radius 3 is 2.82 bits per heavy atom. The zero-order valence-corrected chi connectivity index (χ0v) is 6.24. The van der Waals surface area contributed by atoms with E-state index < -0.39 is 5.72 Å². The number of hydrogen-bond acceptors (Lipinski definition) is 1. The first-order chi connectivity index (χ1) is 5.17. The Morgan fingerprint density at radius 2 is 2.09 bits per heavy atom. The van der Waals surface area contributed by atoms with Crippen LogP contribution in [0.2, 0.25) is 0 Å². The van der Waals surface area contributed by atoms with Crippen LogP contribution in [0.3, 0.4) is 0 Å². The van der Waals surface area contributed by atoms with Crippen molar-refractivity contribution >= 4 is 6.08 Å². The topological polar surface area (TPSA) is 32.3 Å². The molecule has 2 heteroatoms. The normalized spacial score (nSPS) is 27.1. The van der Waals surface area contributed by atoms with Gasteiger partial charge in [0.1, 0.15) is 0 Å². The van der Waals surface area contributed by atoms with Gasteiger partial charge in [0.05, 0.1) is 5.36 Å². The summed E-state index contributed by atoms with van der Waals surface area (Å²) in [5, 5.41) is 13.1. The van der Waals surface area contributed by atoms with E-state index in [1.165, 1.54) is 0 Å². The van der Waals surface area contributed by atoms with Gasteiger partial charge in [0.15, 0.2) is 0 Å². The Kier molecular flexibility index (Phi) is 1.14. The fourth-order valence-corrected chi connectivity index (χ4v) is 1.27. The monoisotopic (exact) mass is 146 g/mol. The molecule has 0 aromatic heterocycles. The largest absolute Gasteiger partial charge is 0.244 e. The molecule has 1 aromatic rings. The molecule has 55 valence electrons. The molecule has 1 unspecified atom stereocenters. The summed E-state index contributed by atoms with van der Waals surface area (Å²) in [6, 6.07) is 7.56. The first-order valence-corrected chi connectivity index (χ1v) is 3.56. The molecule has 1 atom stereocenters. The van der Waals surface area contributed by atoms with Gasteiger partial charge in [-0.3, -0.25) is 0 Å². The molecule has 1 heterocycles. The van der Waals surface area contributed by atoms with Gasteiger partial charge >= 0.3 is 0 Å². The zero-order chi connectivity index (χ0) is 7.90. The summed E-state index contributed by atoms with van der Waals surface area (Å²) in [6.07, 6.45) is 1.64. The predicted molar refractivity (Wildman–Crippen MR) is 40.8 cm³/mol. The van der Waals surface area contributed by atoms with Crippen molar-refractivity contribution in [2.75, 3.05) is 0 Å². The Balaban J connectivity index is 2.81. The van der Waals surface area contributed by atoms with Gasteiger partial charge in [-0.25, -0.2) is 4.99 Å². The van der Waals surface area contributed by atoms with Crippen LogP contribution >= 0.6 is 0 Å². The van der Waals surface area contributed by atoms with Crippen molar-refractivity contribution in [2.24, 2.45) is 4.99 Å². The molecule has 0 bridgehead atoms. The Morgan fingerprint density at radius 1 is 1.36 bits per heavy atom.